The van der Waals surface area contributed by atoms with Crippen LogP contribution >= 0.6 is 0 Å². The van der Waals surface area contributed by atoms with Crippen molar-refractivity contribution in [1.29, 1.82) is 0 Å². The van der Waals surface area contributed by atoms with Gasteiger partial charge in [-0.05, 0) is 12.5 Å². The van der Waals surface area contributed by atoms with Crippen molar-refractivity contribution in [3.63, 3.8) is 0 Å². The van der Waals surface area contributed by atoms with Gasteiger partial charge in [-0.3, -0.25) is 4.79 Å². The van der Waals surface area contributed by atoms with Crippen LogP contribution in [0.5, 0.6) is 5.75 Å². The molecule has 1 aromatic heterocycles. The quantitative estimate of drug-likeness (QED) is 0.833. The van der Waals surface area contributed by atoms with E-state index in [2.05, 4.69) is 9.97 Å². The Labute approximate surface area is 111 Å². The zero-order chi connectivity index (χ0) is 13.7. The van der Waals surface area contributed by atoms with Crippen LogP contribution in [0.4, 0.5) is 0 Å². The van der Waals surface area contributed by atoms with Crippen molar-refractivity contribution in [2.45, 2.75) is 19.3 Å². The van der Waals surface area contributed by atoms with E-state index in [1.54, 1.807) is 13.3 Å². The number of nitrogens with one attached hydrogen (secondary N) is 1. The summed E-state index contributed by atoms with van der Waals surface area (Å²) < 4.78 is 5.28. The predicted molar refractivity (Wildman–Crippen MR) is 70.3 cm³/mol. The monoisotopic (exact) mass is 260 g/mol. The third-order valence-electron chi connectivity index (χ3n) is 2.84. The molecule has 2 rings (SSSR count). The first kappa shape index (κ1) is 13.1. The predicted octanol–water partition coefficient (Wildman–Crippen LogP) is 2.03. The molecule has 5 heteroatoms. The lowest BCUT2D eigenvalue weighted by atomic mass is 10.1. The van der Waals surface area contributed by atoms with Gasteiger partial charge < -0.3 is 14.8 Å². The molecule has 0 aliphatic rings. The van der Waals surface area contributed by atoms with Crippen LogP contribution in [0.25, 0.3) is 0 Å². The fraction of sp³-hybridized carbons (Fsp3) is 0.286. The first-order valence-electron chi connectivity index (χ1n) is 6.05. The van der Waals surface area contributed by atoms with E-state index in [0.29, 0.717) is 12.8 Å². The molecule has 0 saturated carbocycles. The van der Waals surface area contributed by atoms with E-state index in [4.69, 9.17) is 9.84 Å². The highest BCUT2D eigenvalue weighted by Gasteiger charge is 2.07. The molecule has 0 aliphatic heterocycles. The number of aromatic amines is 1. The van der Waals surface area contributed by atoms with Gasteiger partial charge in [0.1, 0.15) is 11.6 Å². The number of nitrogens with zero attached hydrogens (tertiary/aromatic N) is 1. The maximum Gasteiger partial charge on any atom is 0.303 e. The molecular formula is C14H16N2O3. The van der Waals surface area contributed by atoms with Crippen molar-refractivity contribution in [2.75, 3.05) is 7.11 Å². The number of rotatable bonds is 6. The number of H-pyrrole nitrogens is 1. The smallest absolute Gasteiger partial charge is 0.303 e. The lowest BCUT2D eigenvalue weighted by Crippen LogP contribution is -1.98. The number of imidazole rings is 1. The Bertz CT molecular complexity index is 563. The molecule has 1 aromatic carbocycles. The van der Waals surface area contributed by atoms with Crippen LogP contribution in [0.2, 0.25) is 0 Å². The highest BCUT2D eigenvalue weighted by molar-refractivity contribution is 5.66. The lowest BCUT2D eigenvalue weighted by molar-refractivity contribution is -0.136. The van der Waals surface area contributed by atoms with Gasteiger partial charge in [0.25, 0.3) is 0 Å². The number of methoxy groups -OCH3 is 1. The minimum Gasteiger partial charge on any atom is -0.496 e. The molecule has 0 spiro atoms. The van der Waals surface area contributed by atoms with Crippen molar-refractivity contribution >= 4 is 5.97 Å². The van der Waals surface area contributed by atoms with Crippen molar-refractivity contribution in [3.8, 4) is 5.75 Å². The third kappa shape index (κ3) is 3.58. The maximum atomic E-state index is 10.5. The summed E-state index contributed by atoms with van der Waals surface area (Å²) in [6.45, 7) is 0. The number of carboxylic acids is 1. The van der Waals surface area contributed by atoms with Gasteiger partial charge in [-0.15, -0.1) is 0 Å². The van der Waals surface area contributed by atoms with Gasteiger partial charge in [0.15, 0.2) is 0 Å². The van der Waals surface area contributed by atoms with Crippen molar-refractivity contribution in [3.05, 3.63) is 47.5 Å². The van der Waals surface area contributed by atoms with Crippen molar-refractivity contribution < 1.29 is 14.6 Å². The van der Waals surface area contributed by atoms with E-state index in [0.717, 1.165) is 22.8 Å². The fourth-order valence-corrected chi connectivity index (χ4v) is 1.89. The molecule has 0 unspecified atom stereocenters. The zero-order valence-electron chi connectivity index (χ0n) is 10.7. The second-order valence-electron chi connectivity index (χ2n) is 4.24. The second-order valence-corrected chi connectivity index (χ2v) is 4.24. The Kier molecular flexibility index (Phi) is 4.18. The number of benzene rings is 1. The van der Waals surface area contributed by atoms with Crippen LogP contribution < -0.4 is 4.74 Å². The van der Waals surface area contributed by atoms with Gasteiger partial charge in [-0.2, -0.15) is 0 Å². The lowest BCUT2D eigenvalue weighted by Gasteiger charge is -2.06. The topological polar surface area (TPSA) is 75.2 Å². The number of aliphatic carboxylic acids is 1. The molecule has 100 valence electrons. The summed E-state index contributed by atoms with van der Waals surface area (Å²) >= 11 is 0. The SMILES string of the molecule is COc1ccccc1Cc1ncc(CCC(=O)O)[nH]1. The third-order valence-corrected chi connectivity index (χ3v) is 2.84. The summed E-state index contributed by atoms with van der Waals surface area (Å²) in [7, 11) is 1.64. The summed E-state index contributed by atoms with van der Waals surface area (Å²) in [6, 6.07) is 7.76. The molecule has 0 atom stereocenters. The Balaban J connectivity index is 2.05. The van der Waals surface area contributed by atoms with E-state index < -0.39 is 5.97 Å². The number of ether oxygens (including phenoxy) is 1. The first-order chi connectivity index (χ1) is 9.19. The molecular weight excluding hydrogens is 244 g/mol. The summed E-state index contributed by atoms with van der Waals surface area (Å²) in [5, 5.41) is 8.63. The highest BCUT2D eigenvalue weighted by Crippen LogP contribution is 2.19. The van der Waals surface area contributed by atoms with E-state index >= 15 is 0 Å². The van der Waals surface area contributed by atoms with Crippen LogP contribution in [0.1, 0.15) is 23.5 Å². The first-order valence-corrected chi connectivity index (χ1v) is 6.05. The molecule has 0 radical (unpaired) electrons. The Hall–Kier alpha value is -2.30. The van der Waals surface area contributed by atoms with E-state index in [-0.39, 0.29) is 6.42 Å². The summed E-state index contributed by atoms with van der Waals surface area (Å²) in [5.41, 5.74) is 1.89. The zero-order valence-corrected chi connectivity index (χ0v) is 10.7. The van der Waals surface area contributed by atoms with Crippen LogP contribution in [-0.2, 0) is 17.6 Å². The number of aromatic nitrogens is 2. The number of carboxylic acid groups (broad SMARTS) is 1. The average Bonchev–Trinajstić information content (AvgIpc) is 2.85. The summed E-state index contributed by atoms with van der Waals surface area (Å²) in [5.74, 6) is 0.830. The molecule has 5 nitrogen and oxygen atoms in total. The minimum atomic E-state index is -0.805. The van der Waals surface area contributed by atoms with Gasteiger partial charge >= 0.3 is 5.97 Å². The minimum absolute atomic E-state index is 0.107. The highest BCUT2D eigenvalue weighted by atomic mass is 16.5. The fourth-order valence-electron chi connectivity index (χ4n) is 1.89. The Morgan fingerprint density at radius 3 is 2.95 bits per heavy atom. The van der Waals surface area contributed by atoms with Crippen LogP contribution in [0.3, 0.4) is 0 Å². The van der Waals surface area contributed by atoms with Gasteiger partial charge in [-0.25, -0.2) is 4.98 Å². The van der Waals surface area contributed by atoms with Crippen LogP contribution in [0, 0.1) is 0 Å². The molecule has 19 heavy (non-hydrogen) atoms. The van der Waals surface area contributed by atoms with Crippen molar-refractivity contribution in [1.82, 2.24) is 9.97 Å². The standard InChI is InChI=1S/C14H16N2O3/c1-19-12-5-3-2-4-10(12)8-13-15-9-11(16-13)6-7-14(17)18/h2-5,9H,6-8H2,1H3,(H,15,16)(H,17,18). The average molecular weight is 260 g/mol. The molecule has 0 saturated heterocycles. The Morgan fingerprint density at radius 2 is 2.21 bits per heavy atom. The van der Waals surface area contributed by atoms with E-state index in [1.165, 1.54) is 0 Å². The molecule has 2 N–H and O–H groups in total. The van der Waals surface area contributed by atoms with Gasteiger partial charge in [-0.1, -0.05) is 18.2 Å². The van der Waals surface area contributed by atoms with E-state index in [1.807, 2.05) is 24.3 Å². The largest absolute Gasteiger partial charge is 0.496 e. The number of hydrogen-bond donors (Lipinski definition) is 2. The van der Waals surface area contributed by atoms with Crippen LogP contribution in [0.15, 0.2) is 30.5 Å². The Morgan fingerprint density at radius 1 is 1.42 bits per heavy atom. The van der Waals surface area contributed by atoms with E-state index in [9.17, 15) is 4.79 Å². The normalized spacial score (nSPS) is 10.4. The summed E-state index contributed by atoms with van der Waals surface area (Å²) in [6.07, 6.45) is 2.90. The van der Waals surface area contributed by atoms with Crippen LogP contribution in [-0.4, -0.2) is 28.2 Å². The summed E-state index contributed by atoms with van der Waals surface area (Å²) in [4.78, 5) is 17.9. The van der Waals surface area contributed by atoms with Crippen molar-refractivity contribution in [2.24, 2.45) is 0 Å². The molecule has 0 bridgehead atoms. The molecule has 1 heterocycles. The number of hydrogen-bond acceptors (Lipinski definition) is 3. The number of aryl methyl sites for hydroxylation is 1. The molecule has 2 aromatic rings. The molecule has 0 aliphatic carbocycles. The second kappa shape index (κ2) is 6.04. The van der Waals surface area contributed by atoms with Gasteiger partial charge in [0.2, 0.25) is 0 Å². The van der Waals surface area contributed by atoms with Gasteiger partial charge in [0.05, 0.1) is 13.5 Å². The number of carbonyl (C=O) groups is 1. The molecule has 0 fully saturated rings. The van der Waals surface area contributed by atoms with Gasteiger partial charge in [0, 0.05) is 23.9 Å². The maximum absolute atomic E-state index is 10.5. The molecule has 0 amide bonds. The number of para-hydroxylation sites is 1.